The molecule has 0 aliphatic carbocycles. The lowest BCUT2D eigenvalue weighted by Crippen LogP contribution is -2.27. The van der Waals surface area contributed by atoms with Crippen LogP contribution in [0.3, 0.4) is 0 Å². The Morgan fingerprint density at radius 3 is 2.59 bits per heavy atom. The zero-order valence-electron chi connectivity index (χ0n) is 10.0. The molecule has 2 rings (SSSR count). The largest absolute Gasteiger partial charge is 0.373 e. The molecule has 0 amide bonds. The summed E-state index contributed by atoms with van der Waals surface area (Å²) in [6.07, 6.45) is 1.62. The Labute approximate surface area is 99.8 Å². The molecule has 1 fully saturated rings. The standard InChI is InChI=1S/C13H17F2NO/c1-7-3-5-9(12(15)11(7)14)13(16)10-6-4-8(2)17-10/h3,5,8,10,13H,4,6,16H2,1-2H3. The molecule has 0 radical (unpaired) electrons. The quantitative estimate of drug-likeness (QED) is 0.864. The van der Waals surface area contributed by atoms with E-state index >= 15 is 0 Å². The second-order valence-electron chi connectivity index (χ2n) is 4.69. The summed E-state index contributed by atoms with van der Waals surface area (Å²) >= 11 is 0. The highest BCUT2D eigenvalue weighted by molar-refractivity contribution is 5.28. The topological polar surface area (TPSA) is 35.2 Å². The van der Waals surface area contributed by atoms with Gasteiger partial charge in [-0.05, 0) is 32.3 Å². The van der Waals surface area contributed by atoms with Gasteiger partial charge in [0.15, 0.2) is 11.6 Å². The molecule has 1 aromatic carbocycles. The van der Waals surface area contributed by atoms with Gasteiger partial charge in [0.25, 0.3) is 0 Å². The Morgan fingerprint density at radius 2 is 2.00 bits per heavy atom. The lowest BCUT2D eigenvalue weighted by molar-refractivity contribution is 0.0393. The van der Waals surface area contributed by atoms with E-state index in [1.54, 1.807) is 12.1 Å². The molecular weight excluding hydrogens is 224 g/mol. The Morgan fingerprint density at radius 1 is 1.29 bits per heavy atom. The Hall–Kier alpha value is -1.00. The zero-order chi connectivity index (χ0) is 12.6. The van der Waals surface area contributed by atoms with Crippen LogP contribution in [0.15, 0.2) is 12.1 Å². The molecule has 2 N–H and O–H groups in total. The maximum Gasteiger partial charge on any atom is 0.163 e. The van der Waals surface area contributed by atoms with Crippen LogP contribution in [0.5, 0.6) is 0 Å². The molecule has 0 aromatic heterocycles. The first-order chi connectivity index (χ1) is 8.00. The molecule has 4 heteroatoms. The molecule has 1 aromatic rings. The number of hydrogen-bond donors (Lipinski definition) is 1. The Bertz CT molecular complexity index is 422. The molecule has 94 valence electrons. The van der Waals surface area contributed by atoms with Gasteiger partial charge in [0, 0.05) is 5.56 Å². The summed E-state index contributed by atoms with van der Waals surface area (Å²) in [6, 6.07) is 2.49. The normalized spacial score (nSPS) is 26.2. The summed E-state index contributed by atoms with van der Waals surface area (Å²) in [5.74, 6) is -1.66. The van der Waals surface area contributed by atoms with Gasteiger partial charge in [-0.1, -0.05) is 12.1 Å². The van der Waals surface area contributed by atoms with Crippen molar-refractivity contribution in [3.05, 3.63) is 34.9 Å². The average Bonchev–Trinajstić information content (AvgIpc) is 2.72. The first kappa shape index (κ1) is 12.5. The van der Waals surface area contributed by atoms with Gasteiger partial charge in [-0.2, -0.15) is 0 Å². The van der Waals surface area contributed by atoms with E-state index in [2.05, 4.69) is 0 Å². The summed E-state index contributed by atoms with van der Waals surface area (Å²) in [5.41, 5.74) is 6.44. The fraction of sp³-hybridized carbons (Fsp3) is 0.538. The van der Waals surface area contributed by atoms with Crippen molar-refractivity contribution >= 4 is 0 Å². The van der Waals surface area contributed by atoms with E-state index in [-0.39, 0.29) is 17.8 Å². The fourth-order valence-electron chi connectivity index (χ4n) is 2.22. The van der Waals surface area contributed by atoms with Gasteiger partial charge in [0.1, 0.15) is 0 Å². The predicted molar refractivity (Wildman–Crippen MR) is 61.6 cm³/mol. The monoisotopic (exact) mass is 241 g/mol. The van der Waals surface area contributed by atoms with Crippen LogP contribution in [-0.2, 0) is 4.74 Å². The van der Waals surface area contributed by atoms with Crippen LogP contribution in [0.25, 0.3) is 0 Å². The van der Waals surface area contributed by atoms with Crippen molar-refractivity contribution in [2.75, 3.05) is 0 Å². The third-order valence-electron chi connectivity index (χ3n) is 3.33. The third-order valence-corrected chi connectivity index (χ3v) is 3.33. The van der Waals surface area contributed by atoms with Gasteiger partial charge in [-0.3, -0.25) is 0 Å². The minimum atomic E-state index is -0.847. The third kappa shape index (κ3) is 2.33. The van der Waals surface area contributed by atoms with Crippen molar-refractivity contribution in [1.29, 1.82) is 0 Å². The van der Waals surface area contributed by atoms with Gasteiger partial charge < -0.3 is 10.5 Å². The average molecular weight is 241 g/mol. The van der Waals surface area contributed by atoms with E-state index in [1.807, 2.05) is 6.92 Å². The van der Waals surface area contributed by atoms with Gasteiger partial charge in [0.05, 0.1) is 18.2 Å². The van der Waals surface area contributed by atoms with Crippen LogP contribution >= 0.6 is 0 Å². The van der Waals surface area contributed by atoms with E-state index in [9.17, 15) is 8.78 Å². The van der Waals surface area contributed by atoms with Crippen LogP contribution in [-0.4, -0.2) is 12.2 Å². The zero-order valence-corrected chi connectivity index (χ0v) is 10.0. The Kier molecular flexibility index (Phi) is 3.45. The first-order valence-electron chi connectivity index (χ1n) is 5.86. The molecule has 2 nitrogen and oxygen atoms in total. The van der Waals surface area contributed by atoms with E-state index < -0.39 is 17.7 Å². The molecule has 17 heavy (non-hydrogen) atoms. The number of halogens is 2. The van der Waals surface area contributed by atoms with Crippen molar-refractivity contribution in [2.45, 2.75) is 44.9 Å². The van der Waals surface area contributed by atoms with E-state index in [4.69, 9.17) is 10.5 Å². The second-order valence-corrected chi connectivity index (χ2v) is 4.69. The SMILES string of the molecule is Cc1ccc(C(N)C2CCC(C)O2)c(F)c1F. The molecule has 3 unspecified atom stereocenters. The lowest BCUT2D eigenvalue weighted by Gasteiger charge is -2.20. The summed E-state index contributed by atoms with van der Waals surface area (Å²) in [6.45, 7) is 3.49. The van der Waals surface area contributed by atoms with Crippen LogP contribution in [0.1, 0.15) is 36.9 Å². The highest BCUT2D eigenvalue weighted by Gasteiger charge is 2.30. The van der Waals surface area contributed by atoms with Crippen LogP contribution in [0.4, 0.5) is 8.78 Å². The number of nitrogens with two attached hydrogens (primary N) is 1. The van der Waals surface area contributed by atoms with Crippen molar-refractivity contribution in [3.63, 3.8) is 0 Å². The maximum absolute atomic E-state index is 13.8. The summed E-state index contributed by atoms with van der Waals surface area (Å²) in [5, 5.41) is 0. The lowest BCUT2D eigenvalue weighted by atomic mass is 9.98. The number of aryl methyl sites for hydroxylation is 1. The highest BCUT2D eigenvalue weighted by Crippen LogP contribution is 2.30. The fourth-order valence-corrected chi connectivity index (χ4v) is 2.22. The number of rotatable bonds is 2. The molecule has 0 bridgehead atoms. The van der Waals surface area contributed by atoms with Gasteiger partial charge in [-0.25, -0.2) is 8.78 Å². The Balaban J connectivity index is 2.25. The number of benzene rings is 1. The molecule has 1 heterocycles. The molecular formula is C13H17F2NO. The van der Waals surface area contributed by atoms with E-state index in [1.165, 1.54) is 6.92 Å². The molecule has 3 atom stereocenters. The van der Waals surface area contributed by atoms with Gasteiger partial charge >= 0.3 is 0 Å². The van der Waals surface area contributed by atoms with E-state index in [0.717, 1.165) is 12.8 Å². The van der Waals surface area contributed by atoms with Gasteiger partial charge in [0.2, 0.25) is 0 Å². The number of ether oxygens (including phenoxy) is 1. The molecule has 1 saturated heterocycles. The van der Waals surface area contributed by atoms with Crippen LogP contribution < -0.4 is 5.73 Å². The van der Waals surface area contributed by atoms with Crippen molar-refractivity contribution in [2.24, 2.45) is 5.73 Å². The van der Waals surface area contributed by atoms with Crippen LogP contribution in [0.2, 0.25) is 0 Å². The molecule has 0 saturated carbocycles. The minimum absolute atomic E-state index is 0.143. The van der Waals surface area contributed by atoms with Crippen molar-refractivity contribution in [1.82, 2.24) is 0 Å². The van der Waals surface area contributed by atoms with Crippen molar-refractivity contribution in [3.8, 4) is 0 Å². The maximum atomic E-state index is 13.8. The summed E-state index contributed by atoms with van der Waals surface area (Å²) in [7, 11) is 0. The summed E-state index contributed by atoms with van der Waals surface area (Å²) < 4.78 is 32.8. The van der Waals surface area contributed by atoms with Crippen molar-refractivity contribution < 1.29 is 13.5 Å². The van der Waals surface area contributed by atoms with Gasteiger partial charge in [-0.15, -0.1) is 0 Å². The molecule has 1 aliphatic heterocycles. The minimum Gasteiger partial charge on any atom is -0.373 e. The van der Waals surface area contributed by atoms with E-state index in [0.29, 0.717) is 5.56 Å². The smallest absolute Gasteiger partial charge is 0.163 e. The number of hydrogen-bond acceptors (Lipinski definition) is 2. The van der Waals surface area contributed by atoms with Crippen LogP contribution in [0, 0.1) is 18.6 Å². The molecule has 1 aliphatic rings. The summed E-state index contributed by atoms with van der Waals surface area (Å²) in [4.78, 5) is 0. The highest BCUT2D eigenvalue weighted by atomic mass is 19.2. The predicted octanol–water partition coefficient (Wildman–Crippen LogP) is 2.84. The first-order valence-corrected chi connectivity index (χ1v) is 5.86. The molecule has 0 spiro atoms. The second kappa shape index (κ2) is 4.70.